The minimum Gasteiger partial charge on any atom is -0.274 e. The molecule has 33 heavy (non-hydrogen) atoms. The van der Waals surface area contributed by atoms with Crippen molar-refractivity contribution in [1.82, 2.24) is 0 Å². The summed E-state index contributed by atoms with van der Waals surface area (Å²) in [5.41, 5.74) is -1.47. The molecule has 0 spiro atoms. The number of fused-ring (bicyclic) bond motifs is 1. The highest BCUT2D eigenvalue weighted by molar-refractivity contribution is 6.23. The van der Waals surface area contributed by atoms with Gasteiger partial charge in [0.15, 0.2) is 0 Å². The zero-order chi connectivity index (χ0) is 24.3. The largest absolute Gasteiger partial charge is 0.416 e. The molecule has 2 amide bonds. The van der Waals surface area contributed by atoms with Gasteiger partial charge in [-0.15, -0.1) is 0 Å². The number of halogens is 6. The Kier molecular flexibility index (Phi) is 5.41. The predicted molar refractivity (Wildman–Crippen MR) is 108 cm³/mol. The SMILES string of the molecule is Cc1cccc(C)c1N1C(=O)[C@@H]2[C@H](CC=C[C@H]2c2cc(C(F)(F)F)cc(C(F)(F)F)c2)C1=O. The summed E-state index contributed by atoms with van der Waals surface area (Å²) in [7, 11) is 0. The first kappa shape index (κ1) is 23.1. The van der Waals surface area contributed by atoms with E-state index in [4.69, 9.17) is 0 Å². The number of carbonyl (C=O) groups excluding carboxylic acids is 2. The van der Waals surface area contributed by atoms with Gasteiger partial charge in [0.1, 0.15) is 0 Å². The number of anilines is 1. The second kappa shape index (κ2) is 7.74. The van der Waals surface area contributed by atoms with E-state index in [0.717, 1.165) is 4.90 Å². The number of amides is 2. The van der Waals surface area contributed by atoms with Crippen molar-refractivity contribution in [3.8, 4) is 0 Å². The Morgan fingerprint density at radius 1 is 0.848 bits per heavy atom. The molecule has 0 radical (unpaired) electrons. The summed E-state index contributed by atoms with van der Waals surface area (Å²) in [5, 5.41) is 0. The lowest BCUT2D eigenvalue weighted by atomic mass is 9.74. The Hall–Kier alpha value is -3.10. The molecule has 1 fully saturated rings. The van der Waals surface area contributed by atoms with E-state index >= 15 is 0 Å². The predicted octanol–water partition coefficient (Wildman–Crippen LogP) is 6.19. The fraction of sp³-hybridized carbons (Fsp3) is 0.333. The number of para-hydroxylation sites is 1. The molecule has 4 rings (SSSR count). The first-order valence-corrected chi connectivity index (χ1v) is 10.2. The van der Waals surface area contributed by atoms with Gasteiger partial charge in [-0.05, 0) is 55.2 Å². The molecule has 0 bridgehead atoms. The number of hydrogen-bond donors (Lipinski definition) is 0. The molecule has 0 unspecified atom stereocenters. The Labute approximate surface area is 185 Å². The van der Waals surface area contributed by atoms with Crippen LogP contribution in [0.15, 0.2) is 48.6 Å². The van der Waals surface area contributed by atoms with Crippen molar-refractivity contribution < 1.29 is 35.9 Å². The van der Waals surface area contributed by atoms with Crippen LogP contribution in [0.4, 0.5) is 32.0 Å². The highest BCUT2D eigenvalue weighted by Crippen LogP contribution is 2.47. The molecule has 0 aromatic heterocycles. The van der Waals surface area contributed by atoms with Crippen LogP contribution >= 0.6 is 0 Å². The van der Waals surface area contributed by atoms with Crippen LogP contribution in [0.2, 0.25) is 0 Å². The fourth-order valence-electron chi connectivity index (χ4n) is 4.76. The van der Waals surface area contributed by atoms with E-state index < -0.39 is 53.0 Å². The molecule has 1 aliphatic heterocycles. The molecule has 2 aliphatic rings. The second-order valence-electron chi connectivity index (χ2n) is 8.41. The lowest BCUT2D eigenvalue weighted by molar-refractivity contribution is -0.143. The number of imide groups is 1. The van der Waals surface area contributed by atoms with Crippen molar-refractivity contribution in [2.24, 2.45) is 11.8 Å². The minimum absolute atomic E-state index is 0.0537. The van der Waals surface area contributed by atoms with Crippen LogP contribution < -0.4 is 4.90 Å². The number of rotatable bonds is 2. The van der Waals surface area contributed by atoms with E-state index in [1.54, 1.807) is 38.1 Å². The lowest BCUT2D eigenvalue weighted by Crippen LogP contribution is -2.33. The Bertz CT molecular complexity index is 1110. The Balaban J connectivity index is 1.83. The van der Waals surface area contributed by atoms with Gasteiger partial charge in [-0.1, -0.05) is 30.4 Å². The van der Waals surface area contributed by atoms with Crippen LogP contribution in [0.5, 0.6) is 0 Å². The second-order valence-corrected chi connectivity index (χ2v) is 8.41. The van der Waals surface area contributed by atoms with Gasteiger partial charge in [-0.25, -0.2) is 4.90 Å². The van der Waals surface area contributed by atoms with Crippen LogP contribution in [0, 0.1) is 25.7 Å². The summed E-state index contributed by atoms with van der Waals surface area (Å²) in [5.74, 6) is -4.18. The van der Waals surface area contributed by atoms with Gasteiger partial charge in [0, 0.05) is 5.92 Å². The third-order valence-corrected chi connectivity index (χ3v) is 6.25. The highest BCUT2D eigenvalue weighted by atomic mass is 19.4. The number of carbonyl (C=O) groups is 2. The number of hydrogen-bond acceptors (Lipinski definition) is 2. The van der Waals surface area contributed by atoms with Crippen molar-refractivity contribution in [2.75, 3.05) is 4.90 Å². The van der Waals surface area contributed by atoms with Gasteiger partial charge in [0.25, 0.3) is 0 Å². The topological polar surface area (TPSA) is 37.4 Å². The third-order valence-electron chi connectivity index (χ3n) is 6.25. The van der Waals surface area contributed by atoms with Crippen molar-refractivity contribution in [2.45, 2.75) is 38.5 Å². The van der Waals surface area contributed by atoms with Crippen LogP contribution in [0.25, 0.3) is 0 Å². The number of nitrogens with zero attached hydrogens (tertiary/aromatic N) is 1. The molecule has 3 nitrogen and oxygen atoms in total. The number of allylic oxidation sites excluding steroid dienone is 2. The third kappa shape index (κ3) is 3.94. The smallest absolute Gasteiger partial charge is 0.274 e. The summed E-state index contributed by atoms with van der Waals surface area (Å²) >= 11 is 0. The van der Waals surface area contributed by atoms with E-state index in [1.807, 2.05) is 0 Å². The molecule has 1 aliphatic carbocycles. The van der Waals surface area contributed by atoms with Crippen molar-refractivity contribution in [1.29, 1.82) is 0 Å². The summed E-state index contributed by atoms with van der Waals surface area (Å²) in [6.07, 6.45) is -6.87. The maximum absolute atomic E-state index is 13.4. The van der Waals surface area contributed by atoms with Gasteiger partial charge < -0.3 is 0 Å². The first-order chi connectivity index (χ1) is 15.3. The Morgan fingerprint density at radius 2 is 1.39 bits per heavy atom. The van der Waals surface area contributed by atoms with Crippen LogP contribution in [-0.2, 0) is 21.9 Å². The molecule has 174 valence electrons. The molecule has 9 heteroatoms. The minimum atomic E-state index is -5.01. The van der Waals surface area contributed by atoms with E-state index in [-0.39, 0.29) is 18.1 Å². The summed E-state index contributed by atoms with van der Waals surface area (Å²) < 4.78 is 80.2. The van der Waals surface area contributed by atoms with E-state index in [2.05, 4.69) is 0 Å². The molecular weight excluding hydrogens is 448 g/mol. The molecule has 2 aromatic rings. The molecule has 1 heterocycles. The van der Waals surface area contributed by atoms with Crippen LogP contribution in [0.1, 0.15) is 40.2 Å². The van der Waals surface area contributed by atoms with Crippen molar-refractivity contribution in [3.63, 3.8) is 0 Å². The van der Waals surface area contributed by atoms with Crippen molar-refractivity contribution >= 4 is 17.5 Å². The van der Waals surface area contributed by atoms with Gasteiger partial charge in [-0.2, -0.15) is 26.3 Å². The monoisotopic (exact) mass is 467 g/mol. The Morgan fingerprint density at radius 3 is 1.91 bits per heavy atom. The summed E-state index contributed by atoms with van der Waals surface area (Å²) in [4.78, 5) is 27.7. The summed E-state index contributed by atoms with van der Waals surface area (Å²) in [6.45, 7) is 3.45. The van der Waals surface area contributed by atoms with Gasteiger partial charge >= 0.3 is 12.4 Å². The molecule has 0 saturated carbocycles. The van der Waals surface area contributed by atoms with Gasteiger partial charge in [-0.3, -0.25) is 9.59 Å². The lowest BCUT2D eigenvalue weighted by Gasteiger charge is -2.28. The van der Waals surface area contributed by atoms with Gasteiger partial charge in [0.05, 0.1) is 28.7 Å². The van der Waals surface area contributed by atoms with E-state index in [0.29, 0.717) is 28.9 Å². The zero-order valence-corrected chi connectivity index (χ0v) is 17.6. The quantitative estimate of drug-likeness (QED) is 0.300. The molecular formula is C24H19F6NO2. The maximum atomic E-state index is 13.4. The molecule has 0 N–H and O–H groups in total. The number of benzene rings is 2. The highest BCUT2D eigenvalue weighted by Gasteiger charge is 2.53. The zero-order valence-electron chi connectivity index (χ0n) is 17.6. The van der Waals surface area contributed by atoms with Crippen LogP contribution in [-0.4, -0.2) is 11.8 Å². The van der Waals surface area contributed by atoms with Gasteiger partial charge in [0.2, 0.25) is 11.8 Å². The molecule has 2 aromatic carbocycles. The number of alkyl halides is 6. The van der Waals surface area contributed by atoms with Crippen LogP contribution in [0.3, 0.4) is 0 Å². The summed E-state index contributed by atoms with van der Waals surface area (Å²) in [6, 6.07) is 6.53. The number of aryl methyl sites for hydroxylation is 2. The van der Waals surface area contributed by atoms with E-state index in [9.17, 15) is 35.9 Å². The molecule has 1 saturated heterocycles. The maximum Gasteiger partial charge on any atom is 0.416 e. The fourth-order valence-corrected chi connectivity index (χ4v) is 4.76. The molecule has 3 atom stereocenters. The van der Waals surface area contributed by atoms with Crippen molar-refractivity contribution in [3.05, 3.63) is 76.4 Å². The normalized spacial score (nSPS) is 23.3. The average molecular weight is 467 g/mol. The first-order valence-electron chi connectivity index (χ1n) is 10.2. The average Bonchev–Trinajstić information content (AvgIpc) is 2.97. The van der Waals surface area contributed by atoms with E-state index in [1.165, 1.54) is 6.08 Å². The standard InChI is InChI=1S/C24H19F6NO2/c1-12-5-3-6-13(2)20(12)31-21(32)18-8-4-7-17(19(18)22(31)33)14-9-15(23(25,26)27)11-16(10-14)24(28,29)30/h3-7,9-11,17-19H,8H2,1-2H3/t17-,18-,19-/m0/s1.